The highest BCUT2D eigenvalue weighted by molar-refractivity contribution is 6.32. The smallest absolute Gasteiger partial charge is 0.251 e. The Labute approximate surface area is 173 Å². The van der Waals surface area contributed by atoms with Crippen molar-refractivity contribution in [2.75, 3.05) is 46.1 Å². The van der Waals surface area contributed by atoms with Crippen LogP contribution in [0.25, 0.3) is 0 Å². The van der Waals surface area contributed by atoms with Crippen molar-refractivity contribution in [3.8, 4) is 11.5 Å². The van der Waals surface area contributed by atoms with Crippen molar-refractivity contribution in [1.29, 1.82) is 0 Å². The summed E-state index contributed by atoms with van der Waals surface area (Å²) < 4.78 is 29.8. The molecule has 29 heavy (non-hydrogen) atoms. The second kappa shape index (κ2) is 8.98. The normalized spacial score (nSPS) is 17.6. The standard InChI is InChI=1S/C21H22ClFN2O4/c22-17-11-15(12-19-20(17)29-10-9-28-19)21(26)24-13-18(25-5-7-27-8-6-25)14-1-3-16(23)4-2-14/h1-4,11-12,18H,5-10,13H2,(H,24,26)/t18-/m0/s1. The molecule has 1 atom stereocenters. The van der Waals surface area contributed by atoms with E-state index in [0.717, 1.165) is 18.7 Å². The van der Waals surface area contributed by atoms with Gasteiger partial charge >= 0.3 is 0 Å². The number of amides is 1. The van der Waals surface area contributed by atoms with Gasteiger partial charge in [-0.05, 0) is 29.8 Å². The van der Waals surface area contributed by atoms with Crippen molar-refractivity contribution in [3.63, 3.8) is 0 Å². The van der Waals surface area contributed by atoms with E-state index in [-0.39, 0.29) is 17.8 Å². The molecule has 8 heteroatoms. The fourth-order valence-electron chi connectivity index (χ4n) is 3.57. The fraction of sp³-hybridized carbons (Fsp3) is 0.381. The Morgan fingerprint density at radius 2 is 1.83 bits per heavy atom. The number of morpholine rings is 1. The average molecular weight is 421 g/mol. The largest absolute Gasteiger partial charge is 0.486 e. The Morgan fingerprint density at radius 3 is 2.59 bits per heavy atom. The lowest BCUT2D eigenvalue weighted by atomic mass is 10.0. The van der Waals surface area contributed by atoms with Gasteiger partial charge in [-0.25, -0.2) is 4.39 Å². The van der Waals surface area contributed by atoms with Gasteiger partial charge in [-0.2, -0.15) is 0 Å². The first-order valence-corrected chi connectivity index (χ1v) is 9.94. The number of ether oxygens (including phenoxy) is 3. The number of nitrogens with zero attached hydrogens (tertiary/aromatic N) is 1. The molecule has 0 radical (unpaired) electrons. The molecule has 0 saturated carbocycles. The van der Waals surface area contributed by atoms with Crippen LogP contribution in [0.1, 0.15) is 22.0 Å². The van der Waals surface area contributed by atoms with Gasteiger partial charge in [0.15, 0.2) is 11.5 Å². The summed E-state index contributed by atoms with van der Waals surface area (Å²) in [5.74, 6) is 0.387. The van der Waals surface area contributed by atoms with E-state index < -0.39 is 0 Å². The first kappa shape index (κ1) is 19.9. The summed E-state index contributed by atoms with van der Waals surface area (Å²) in [6.07, 6.45) is 0. The SMILES string of the molecule is O=C(NC[C@@H](c1ccc(F)cc1)N1CCOCC1)c1cc(Cl)c2c(c1)OCCO2. The molecule has 0 aliphatic carbocycles. The zero-order chi connectivity index (χ0) is 20.2. The maximum absolute atomic E-state index is 13.4. The predicted molar refractivity (Wildman–Crippen MR) is 106 cm³/mol. The Hall–Kier alpha value is -2.35. The van der Waals surface area contributed by atoms with Gasteiger partial charge in [-0.1, -0.05) is 23.7 Å². The molecule has 2 aromatic carbocycles. The molecule has 2 heterocycles. The van der Waals surface area contributed by atoms with Crippen LogP contribution >= 0.6 is 11.6 Å². The van der Waals surface area contributed by atoms with Gasteiger partial charge in [0, 0.05) is 25.2 Å². The quantitative estimate of drug-likeness (QED) is 0.805. The lowest BCUT2D eigenvalue weighted by Gasteiger charge is -2.35. The third kappa shape index (κ3) is 4.63. The molecule has 0 unspecified atom stereocenters. The molecule has 1 fully saturated rings. The molecule has 0 bridgehead atoms. The first-order chi connectivity index (χ1) is 14.1. The van der Waals surface area contributed by atoms with Gasteiger partial charge in [0.2, 0.25) is 0 Å². The number of rotatable bonds is 5. The van der Waals surface area contributed by atoms with Crippen LogP contribution < -0.4 is 14.8 Å². The number of hydrogen-bond donors (Lipinski definition) is 1. The van der Waals surface area contributed by atoms with Crippen LogP contribution in [0.15, 0.2) is 36.4 Å². The monoisotopic (exact) mass is 420 g/mol. The lowest BCUT2D eigenvalue weighted by molar-refractivity contribution is 0.0162. The topological polar surface area (TPSA) is 60.0 Å². The molecule has 0 aromatic heterocycles. The molecule has 1 amide bonds. The first-order valence-electron chi connectivity index (χ1n) is 9.56. The number of hydrogen-bond acceptors (Lipinski definition) is 5. The number of halogens is 2. The van der Waals surface area contributed by atoms with Crippen LogP contribution in [-0.2, 0) is 4.74 Å². The zero-order valence-corrected chi connectivity index (χ0v) is 16.6. The summed E-state index contributed by atoms with van der Waals surface area (Å²) in [6.45, 7) is 3.96. The minimum atomic E-state index is -0.288. The second-order valence-corrected chi connectivity index (χ2v) is 7.32. The average Bonchev–Trinajstić information content (AvgIpc) is 2.75. The van der Waals surface area contributed by atoms with Gasteiger partial charge < -0.3 is 19.5 Å². The fourth-order valence-corrected chi connectivity index (χ4v) is 3.83. The van der Waals surface area contributed by atoms with E-state index in [1.54, 1.807) is 24.3 Å². The maximum atomic E-state index is 13.4. The van der Waals surface area contributed by atoms with E-state index in [1.165, 1.54) is 12.1 Å². The van der Waals surface area contributed by atoms with E-state index in [9.17, 15) is 9.18 Å². The Kier molecular flexibility index (Phi) is 6.18. The van der Waals surface area contributed by atoms with Gasteiger partial charge in [-0.3, -0.25) is 9.69 Å². The maximum Gasteiger partial charge on any atom is 0.251 e. The number of fused-ring (bicyclic) bond motifs is 1. The van der Waals surface area contributed by atoms with Crippen LogP contribution in [0, 0.1) is 5.82 Å². The summed E-state index contributed by atoms with van der Waals surface area (Å²) in [7, 11) is 0. The van der Waals surface area contributed by atoms with Crippen LogP contribution in [-0.4, -0.2) is 56.9 Å². The van der Waals surface area contributed by atoms with E-state index in [2.05, 4.69) is 10.2 Å². The molecule has 154 valence electrons. The molecule has 1 N–H and O–H groups in total. The van der Waals surface area contributed by atoms with Crippen molar-refractivity contribution in [2.45, 2.75) is 6.04 Å². The summed E-state index contributed by atoms with van der Waals surface area (Å²) in [5.41, 5.74) is 1.34. The van der Waals surface area contributed by atoms with Crippen LogP contribution in [0.2, 0.25) is 5.02 Å². The van der Waals surface area contributed by atoms with E-state index in [0.29, 0.717) is 55.1 Å². The second-order valence-electron chi connectivity index (χ2n) is 6.91. The molecule has 0 spiro atoms. The molecular weight excluding hydrogens is 399 g/mol. The molecule has 6 nitrogen and oxygen atoms in total. The van der Waals surface area contributed by atoms with Gasteiger partial charge in [0.05, 0.1) is 24.3 Å². The molecule has 2 aromatic rings. The zero-order valence-electron chi connectivity index (χ0n) is 15.8. The molecular formula is C21H22ClFN2O4. The highest BCUT2D eigenvalue weighted by atomic mass is 35.5. The Morgan fingerprint density at radius 1 is 1.10 bits per heavy atom. The van der Waals surface area contributed by atoms with Gasteiger partial charge in [0.25, 0.3) is 5.91 Å². The Balaban J connectivity index is 1.50. The van der Waals surface area contributed by atoms with Crippen molar-refractivity contribution in [1.82, 2.24) is 10.2 Å². The summed E-state index contributed by atoms with van der Waals surface area (Å²) in [4.78, 5) is 15.0. The van der Waals surface area contributed by atoms with E-state index >= 15 is 0 Å². The van der Waals surface area contributed by atoms with Crippen molar-refractivity contribution in [2.24, 2.45) is 0 Å². The third-order valence-electron chi connectivity index (χ3n) is 5.06. The molecule has 1 saturated heterocycles. The summed E-state index contributed by atoms with van der Waals surface area (Å²) in [5, 5.41) is 3.32. The van der Waals surface area contributed by atoms with E-state index in [4.69, 9.17) is 25.8 Å². The van der Waals surface area contributed by atoms with Crippen LogP contribution in [0.5, 0.6) is 11.5 Å². The van der Waals surface area contributed by atoms with Crippen LogP contribution in [0.4, 0.5) is 4.39 Å². The van der Waals surface area contributed by atoms with Crippen molar-refractivity contribution in [3.05, 3.63) is 58.4 Å². The van der Waals surface area contributed by atoms with Gasteiger partial charge in [-0.15, -0.1) is 0 Å². The molecule has 2 aliphatic heterocycles. The Bertz CT molecular complexity index is 872. The molecule has 2 aliphatic rings. The highest BCUT2D eigenvalue weighted by Crippen LogP contribution is 2.38. The number of carbonyl (C=O) groups is 1. The van der Waals surface area contributed by atoms with Crippen LogP contribution in [0.3, 0.4) is 0 Å². The minimum Gasteiger partial charge on any atom is -0.486 e. The highest BCUT2D eigenvalue weighted by Gasteiger charge is 2.24. The lowest BCUT2D eigenvalue weighted by Crippen LogP contribution is -2.43. The summed E-state index contributed by atoms with van der Waals surface area (Å²) >= 11 is 6.24. The van der Waals surface area contributed by atoms with Crippen molar-refractivity contribution >= 4 is 17.5 Å². The van der Waals surface area contributed by atoms with E-state index in [1.807, 2.05) is 0 Å². The number of benzene rings is 2. The molecule has 4 rings (SSSR count). The summed E-state index contributed by atoms with van der Waals surface area (Å²) in [6, 6.07) is 9.50. The van der Waals surface area contributed by atoms with Gasteiger partial charge in [0.1, 0.15) is 19.0 Å². The van der Waals surface area contributed by atoms with Crippen molar-refractivity contribution < 1.29 is 23.4 Å². The number of nitrogens with one attached hydrogen (secondary N) is 1. The number of carbonyl (C=O) groups excluding carboxylic acids is 1. The minimum absolute atomic E-state index is 0.0869. The predicted octanol–water partition coefficient (Wildman–Crippen LogP) is 3.05. The third-order valence-corrected chi connectivity index (χ3v) is 5.34.